The number of nitrogens with zero attached hydrogens (tertiary/aromatic N) is 3. The third kappa shape index (κ3) is 4.84. The maximum atomic E-state index is 12.4. The van der Waals surface area contributed by atoms with Gasteiger partial charge in [-0.2, -0.15) is 5.10 Å². The molecule has 0 unspecified atom stereocenters. The van der Waals surface area contributed by atoms with Crippen LogP contribution in [0.5, 0.6) is 5.75 Å². The van der Waals surface area contributed by atoms with E-state index < -0.39 is 0 Å². The normalized spacial score (nSPS) is 13.7. The van der Waals surface area contributed by atoms with Crippen LogP contribution in [0.25, 0.3) is 11.8 Å². The zero-order valence-corrected chi connectivity index (χ0v) is 16.6. The number of carbonyl (C=O) groups is 2. The van der Waals surface area contributed by atoms with Gasteiger partial charge in [-0.3, -0.25) is 9.59 Å². The van der Waals surface area contributed by atoms with Gasteiger partial charge in [0.25, 0.3) is 5.91 Å². The average Bonchev–Trinajstić information content (AvgIpc) is 3.49. The largest absolute Gasteiger partial charge is 0.484 e. The quantitative estimate of drug-likeness (QED) is 0.447. The number of benzene rings is 2. The Hall–Kier alpha value is -3.67. The summed E-state index contributed by atoms with van der Waals surface area (Å²) in [5, 5.41) is 4.32. The van der Waals surface area contributed by atoms with Crippen LogP contribution in [0.15, 0.2) is 73.1 Å². The first-order chi connectivity index (χ1) is 14.7. The highest BCUT2D eigenvalue weighted by atomic mass is 16.5. The average molecular weight is 401 g/mol. The number of carbonyl (C=O) groups excluding carboxylic acids is 2. The SMILES string of the molecule is O=C(/C=C/c1cnn(-c2ccccc2)c1)c1ccc(OCC(=O)N2CCCC2)cc1. The molecule has 3 aromatic rings. The summed E-state index contributed by atoms with van der Waals surface area (Å²) in [7, 11) is 0. The van der Waals surface area contributed by atoms with Gasteiger partial charge in [0, 0.05) is 30.4 Å². The van der Waals surface area contributed by atoms with E-state index in [4.69, 9.17) is 4.74 Å². The lowest BCUT2D eigenvalue weighted by Gasteiger charge is -2.15. The molecule has 1 fully saturated rings. The smallest absolute Gasteiger partial charge is 0.260 e. The summed E-state index contributed by atoms with van der Waals surface area (Å²) in [5.41, 5.74) is 2.36. The molecule has 152 valence electrons. The number of hydrogen-bond acceptors (Lipinski definition) is 4. The van der Waals surface area contributed by atoms with Gasteiger partial charge in [0.1, 0.15) is 5.75 Å². The van der Waals surface area contributed by atoms with Gasteiger partial charge in [0.05, 0.1) is 11.9 Å². The van der Waals surface area contributed by atoms with E-state index in [1.807, 2.05) is 41.4 Å². The summed E-state index contributed by atoms with van der Waals surface area (Å²) >= 11 is 0. The molecule has 1 amide bonds. The molecule has 6 heteroatoms. The van der Waals surface area contributed by atoms with Gasteiger partial charge in [-0.15, -0.1) is 0 Å². The minimum absolute atomic E-state index is 0.00614. The van der Waals surface area contributed by atoms with Crippen molar-refractivity contribution in [3.05, 3.63) is 84.2 Å². The minimum atomic E-state index is -0.109. The first-order valence-corrected chi connectivity index (χ1v) is 10.0. The highest BCUT2D eigenvalue weighted by Crippen LogP contribution is 2.15. The van der Waals surface area contributed by atoms with E-state index in [9.17, 15) is 9.59 Å². The number of ketones is 1. The molecule has 0 spiro atoms. The Morgan fingerprint density at radius 2 is 1.73 bits per heavy atom. The Bertz CT molecular complexity index is 1030. The van der Waals surface area contributed by atoms with Crippen molar-refractivity contribution in [3.63, 3.8) is 0 Å². The van der Waals surface area contributed by atoms with Gasteiger partial charge in [0.15, 0.2) is 12.4 Å². The molecule has 4 rings (SSSR count). The zero-order chi connectivity index (χ0) is 20.8. The fourth-order valence-corrected chi connectivity index (χ4v) is 3.33. The van der Waals surface area contributed by atoms with Crippen molar-refractivity contribution >= 4 is 17.8 Å². The molecule has 0 saturated carbocycles. The second kappa shape index (κ2) is 9.22. The lowest BCUT2D eigenvalue weighted by molar-refractivity contribution is -0.132. The van der Waals surface area contributed by atoms with Crippen molar-refractivity contribution in [3.8, 4) is 11.4 Å². The summed E-state index contributed by atoms with van der Waals surface area (Å²) in [4.78, 5) is 26.3. The number of allylic oxidation sites excluding steroid dienone is 1. The number of likely N-dealkylation sites (tertiary alicyclic amines) is 1. The predicted octanol–water partition coefficient (Wildman–Crippen LogP) is 3.77. The fourth-order valence-electron chi connectivity index (χ4n) is 3.33. The van der Waals surface area contributed by atoms with Gasteiger partial charge in [-0.05, 0) is 61.4 Å². The third-order valence-electron chi connectivity index (χ3n) is 5.01. The summed E-state index contributed by atoms with van der Waals surface area (Å²) in [6, 6.07) is 16.6. The molecule has 1 aromatic heterocycles. The van der Waals surface area contributed by atoms with Gasteiger partial charge >= 0.3 is 0 Å². The van der Waals surface area contributed by atoms with E-state index >= 15 is 0 Å². The highest BCUT2D eigenvalue weighted by molar-refractivity contribution is 6.06. The minimum Gasteiger partial charge on any atom is -0.484 e. The first kappa shape index (κ1) is 19.6. The van der Waals surface area contributed by atoms with E-state index in [2.05, 4.69) is 5.10 Å². The number of amides is 1. The first-order valence-electron chi connectivity index (χ1n) is 10.0. The van der Waals surface area contributed by atoms with Crippen molar-refractivity contribution in [2.24, 2.45) is 0 Å². The number of rotatable bonds is 7. The van der Waals surface area contributed by atoms with Gasteiger partial charge in [0.2, 0.25) is 0 Å². The molecule has 2 aromatic carbocycles. The van der Waals surface area contributed by atoms with Crippen molar-refractivity contribution < 1.29 is 14.3 Å². The van der Waals surface area contributed by atoms with Crippen LogP contribution in [-0.2, 0) is 4.79 Å². The Labute approximate surface area is 175 Å². The van der Waals surface area contributed by atoms with Gasteiger partial charge in [-0.25, -0.2) is 4.68 Å². The lowest BCUT2D eigenvalue weighted by atomic mass is 10.1. The van der Waals surface area contributed by atoms with Crippen LogP contribution in [0.2, 0.25) is 0 Å². The predicted molar refractivity (Wildman–Crippen MR) is 115 cm³/mol. The van der Waals surface area contributed by atoms with Crippen LogP contribution in [0.4, 0.5) is 0 Å². The molecule has 1 aliphatic rings. The Kier molecular flexibility index (Phi) is 6.03. The van der Waals surface area contributed by atoms with Crippen molar-refractivity contribution in [2.45, 2.75) is 12.8 Å². The third-order valence-corrected chi connectivity index (χ3v) is 5.01. The van der Waals surface area contributed by atoms with E-state index in [1.165, 1.54) is 6.08 Å². The molecule has 2 heterocycles. The van der Waals surface area contributed by atoms with E-state index in [0.717, 1.165) is 37.2 Å². The van der Waals surface area contributed by atoms with Crippen molar-refractivity contribution in [2.75, 3.05) is 19.7 Å². The fraction of sp³-hybridized carbons (Fsp3) is 0.208. The molecule has 0 aliphatic carbocycles. The topological polar surface area (TPSA) is 64.4 Å². The highest BCUT2D eigenvalue weighted by Gasteiger charge is 2.18. The summed E-state index contributed by atoms with van der Waals surface area (Å²) < 4.78 is 7.32. The molecule has 0 bridgehead atoms. The van der Waals surface area contributed by atoms with Crippen LogP contribution in [0.1, 0.15) is 28.8 Å². The number of ether oxygens (including phenoxy) is 1. The molecule has 6 nitrogen and oxygen atoms in total. The lowest BCUT2D eigenvalue weighted by Crippen LogP contribution is -2.32. The standard InChI is InChI=1S/C24H23N3O3/c28-23(13-8-19-16-25-27(17-19)21-6-2-1-3-7-21)20-9-11-22(12-10-20)30-18-24(29)26-14-4-5-15-26/h1-3,6-13,16-17H,4-5,14-15,18H2/b13-8+. The van der Waals surface area contributed by atoms with Crippen LogP contribution in [0, 0.1) is 0 Å². The zero-order valence-electron chi connectivity index (χ0n) is 16.6. The molecule has 0 radical (unpaired) electrons. The number of hydrogen-bond donors (Lipinski definition) is 0. The van der Waals surface area contributed by atoms with E-state index in [0.29, 0.717) is 11.3 Å². The molecule has 30 heavy (non-hydrogen) atoms. The van der Waals surface area contributed by atoms with Crippen LogP contribution >= 0.6 is 0 Å². The van der Waals surface area contributed by atoms with E-state index in [1.54, 1.807) is 41.2 Å². The molecular formula is C24H23N3O3. The summed E-state index contributed by atoms with van der Waals surface area (Å²) in [5.74, 6) is 0.473. The van der Waals surface area contributed by atoms with Crippen LogP contribution in [0.3, 0.4) is 0 Å². The van der Waals surface area contributed by atoms with Gasteiger partial charge < -0.3 is 9.64 Å². The van der Waals surface area contributed by atoms with E-state index in [-0.39, 0.29) is 18.3 Å². The molecule has 0 N–H and O–H groups in total. The maximum absolute atomic E-state index is 12.4. The maximum Gasteiger partial charge on any atom is 0.260 e. The number of para-hydroxylation sites is 1. The van der Waals surface area contributed by atoms with Crippen LogP contribution < -0.4 is 4.74 Å². The summed E-state index contributed by atoms with van der Waals surface area (Å²) in [6.07, 6.45) is 8.97. The Morgan fingerprint density at radius 1 is 1.00 bits per heavy atom. The second-order valence-corrected chi connectivity index (χ2v) is 7.15. The molecular weight excluding hydrogens is 378 g/mol. The second-order valence-electron chi connectivity index (χ2n) is 7.15. The van der Waals surface area contributed by atoms with Crippen molar-refractivity contribution in [1.82, 2.24) is 14.7 Å². The Morgan fingerprint density at radius 3 is 2.47 bits per heavy atom. The number of aromatic nitrogens is 2. The molecule has 0 atom stereocenters. The monoisotopic (exact) mass is 401 g/mol. The molecule has 1 saturated heterocycles. The van der Waals surface area contributed by atoms with Gasteiger partial charge in [-0.1, -0.05) is 18.2 Å². The Balaban J connectivity index is 1.32. The summed E-state index contributed by atoms with van der Waals surface area (Å²) in [6.45, 7) is 1.65. The molecule has 1 aliphatic heterocycles. The van der Waals surface area contributed by atoms with Crippen molar-refractivity contribution in [1.29, 1.82) is 0 Å². The van der Waals surface area contributed by atoms with Crippen LogP contribution in [-0.4, -0.2) is 46.1 Å².